The second-order valence-electron chi connectivity index (χ2n) is 4.17. The molecule has 0 fully saturated rings. The minimum Gasteiger partial charge on any atom is -0.302 e. The molecule has 104 valence electrons. The highest BCUT2D eigenvalue weighted by atomic mass is 35.5. The van der Waals surface area contributed by atoms with Crippen LogP contribution in [0, 0.1) is 11.3 Å². The average molecular weight is 307 g/mol. The lowest BCUT2D eigenvalue weighted by molar-refractivity contribution is 0.687. The van der Waals surface area contributed by atoms with Crippen molar-refractivity contribution in [2.75, 3.05) is 5.75 Å². The summed E-state index contributed by atoms with van der Waals surface area (Å²) in [6.07, 6.45) is 1.45. The Hall–Kier alpha value is -1.51. The van der Waals surface area contributed by atoms with Crippen molar-refractivity contribution in [2.45, 2.75) is 31.5 Å². The van der Waals surface area contributed by atoms with Crippen molar-refractivity contribution >= 4 is 23.4 Å². The smallest absolute Gasteiger partial charge is 0.191 e. The van der Waals surface area contributed by atoms with Gasteiger partial charge in [0.1, 0.15) is 0 Å². The average Bonchev–Trinajstić information content (AvgIpc) is 2.87. The molecule has 20 heavy (non-hydrogen) atoms. The van der Waals surface area contributed by atoms with E-state index in [0.717, 1.165) is 35.3 Å². The summed E-state index contributed by atoms with van der Waals surface area (Å²) in [4.78, 5) is 0. The summed E-state index contributed by atoms with van der Waals surface area (Å²) in [5.41, 5.74) is 1.01. The molecular weight excluding hydrogens is 292 g/mol. The number of unbranched alkanes of at least 4 members (excludes halogenated alkanes) is 1. The molecular formula is C14H15ClN4S. The summed E-state index contributed by atoms with van der Waals surface area (Å²) < 4.78 is 2.08. The summed E-state index contributed by atoms with van der Waals surface area (Å²) in [5, 5.41) is 18.7. The number of hydrogen-bond donors (Lipinski definition) is 0. The van der Waals surface area contributed by atoms with Crippen LogP contribution in [0.15, 0.2) is 29.4 Å². The van der Waals surface area contributed by atoms with Crippen molar-refractivity contribution in [3.63, 3.8) is 0 Å². The van der Waals surface area contributed by atoms with Crippen molar-refractivity contribution in [1.82, 2.24) is 14.8 Å². The molecule has 1 aromatic carbocycles. The first-order valence-electron chi connectivity index (χ1n) is 6.45. The van der Waals surface area contributed by atoms with Crippen LogP contribution in [0.5, 0.6) is 0 Å². The van der Waals surface area contributed by atoms with E-state index in [1.54, 1.807) is 11.8 Å². The molecule has 4 nitrogen and oxygen atoms in total. The normalized spacial score (nSPS) is 10.4. The Labute approximate surface area is 127 Å². The molecule has 0 amide bonds. The summed E-state index contributed by atoms with van der Waals surface area (Å²) in [7, 11) is 0. The predicted octanol–water partition coefficient (Wildman–Crippen LogP) is 4.01. The van der Waals surface area contributed by atoms with E-state index in [-0.39, 0.29) is 0 Å². The molecule has 0 saturated heterocycles. The highest BCUT2D eigenvalue weighted by Gasteiger charge is 2.12. The van der Waals surface area contributed by atoms with E-state index >= 15 is 0 Å². The van der Waals surface area contributed by atoms with Crippen LogP contribution in [0.4, 0.5) is 0 Å². The van der Waals surface area contributed by atoms with E-state index in [4.69, 9.17) is 16.9 Å². The molecule has 0 atom stereocenters. The lowest BCUT2D eigenvalue weighted by atomic mass is 10.2. The fourth-order valence-electron chi connectivity index (χ4n) is 1.81. The molecule has 0 aliphatic heterocycles. The van der Waals surface area contributed by atoms with Crippen LogP contribution in [-0.2, 0) is 6.54 Å². The highest BCUT2D eigenvalue weighted by molar-refractivity contribution is 7.99. The summed E-state index contributed by atoms with van der Waals surface area (Å²) in [5.74, 6) is 1.73. The van der Waals surface area contributed by atoms with E-state index in [0.29, 0.717) is 11.4 Å². The van der Waals surface area contributed by atoms with Gasteiger partial charge in [-0.15, -0.1) is 10.2 Å². The Morgan fingerprint density at radius 3 is 2.70 bits per heavy atom. The van der Waals surface area contributed by atoms with E-state index in [1.807, 2.05) is 24.3 Å². The van der Waals surface area contributed by atoms with Gasteiger partial charge in [0.05, 0.1) is 6.07 Å². The van der Waals surface area contributed by atoms with Crippen molar-refractivity contribution in [3.8, 4) is 17.5 Å². The quantitative estimate of drug-likeness (QED) is 0.597. The van der Waals surface area contributed by atoms with Crippen LogP contribution in [-0.4, -0.2) is 20.5 Å². The maximum Gasteiger partial charge on any atom is 0.191 e. The van der Waals surface area contributed by atoms with Crippen LogP contribution < -0.4 is 0 Å². The van der Waals surface area contributed by atoms with Gasteiger partial charge in [-0.3, -0.25) is 0 Å². The molecule has 0 N–H and O–H groups in total. The van der Waals surface area contributed by atoms with Crippen molar-refractivity contribution < 1.29 is 0 Å². The number of thioether (sulfide) groups is 1. The Bertz CT molecular complexity index is 601. The summed E-state index contributed by atoms with van der Waals surface area (Å²) >= 11 is 7.55. The van der Waals surface area contributed by atoms with Crippen molar-refractivity contribution in [1.29, 1.82) is 5.26 Å². The number of rotatable bonds is 6. The van der Waals surface area contributed by atoms with E-state index in [1.165, 1.54) is 0 Å². The molecule has 0 aliphatic carbocycles. The first-order chi connectivity index (χ1) is 9.76. The molecule has 0 radical (unpaired) electrons. The number of aromatic nitrogens is 3. The molecule has 0 spiro atoms. The zero-order chi connectivity index (χ0) is 14.4. The number of halogens is 1. The van der Waals surface area contributed by atoms with Crippen LogP contribution in [0.1, 0.15) is 19.8 Å². The van der Waals surface area contributed by atoms with E-state index in [2.05, 4.69) is 27.8 Å². The van der Waals surface area contributed by atoms with Gasteiger partial charge in [0, 0.05) is 29.3 Å². The molecule has 2 rings (SSSR count). The lowest BCUT2D eigenvalue weighted by Crippen LogP contribution is -2.00. The van der Waals surface area contributed by atoms with Gasteiger partial charge in [-0.2, -0.15) is 5.26 Å². The fraction of sp³-hybridized carbons (Fsp3) is 0.357. The van der Waals surface area contributed by atoms with Gasteiger partial charge in [-0.1, -0.05) is 23.4 Å². The molecule has 0 saturated carbocycles. The van der Waals surface area contributed by atoms with Crippen LogP contribution in [0.25, 0.3) is 11.4 Å². The molecule has 1 aromatic heterocycles. The van der Waals surface area contributed by atoms with Crippen molar-refractivity contribution in [2.24, 2.45) is 0 Å². The van der Waals surface area contributed by atoms with Gasteiger partial charge < -0.3 is 4.57 Å². The zero-order valence-corrected chi connectivity index (χ0v) is 12.8. The third kappa shape index (κ3) is 3.53. The lowest BCUT2D eigenvalue weighted by Gasteiger charge is -2.07. The molecule has 0 aliphatic rings. The topological polar surface area (TPSA) is 54.5 Å². The van der Waals surface area contributed by atoms with Crippen LogP contribution in [0.2, 0.25) is 5.02 Å². The highest BCUT2D eigenvalue weighted by Crippen LogP contribution is 2.25. The fourth-order valence-corrected chi connectivity index (χ4v) is 2.87. The molecule has 0 bridgehead atoms. The van der Waals surface area contributed by atoms with Crippen LogP contribution in [0.3, 0.4) is 0 Å². The SMILES string of the molecule is CCn1c(SCCCC#N)nnc1-c1ccc(Cl)cc1. The van der Waals surface area contributed by atoms with Crippen molar-refractivity contribution in [3.05, 3.63) is 29.3 Å². The minimum atomic E-state index is 0.581. The minimum absolute atomic E-state index is 0.581. The first kappa shape index (κ1) is 14.9. The van der Waals surface area contributed by atoms with E-state index < -0.39 is 0 Å². The number of nitriles is 1. The Kier molecular flexibility index (Phi) is 5.45. The molecule has 1 heterocycles. The third-order valence-electron chi connectivity index (χ3n) is 2.80. The molecule has 0 unspecified atom stereocenters. The maximum atomic E-state index is 8.54. The number of hydrogen-bond acceptors (Lipinski definition) is 4. The Balaban J connectivity index is 2.17. The Morgan fingerprint density at radius 2 is 2.05 bits per heavy atom. The molecule has 2 aromatic rings. The third-order valence-corrected chi connectivity index (χ3v) is 4.10. The maximum absolute atomic E-state index is 8.54. The second-order valence-corrected chi connectivity index (χ2v) is 5.67. The van der Waals surface area contributed by atoms with Gasteiger partial charge in [-0.25, -0.2) is 0 Å². The predicted molar refractivity (Wildman–Crippen MR) is 81.7 cm³/mol. The largest absolute Gasteiger partial charge is 0.302 e. The number of nitrogens with zero attached hydrogens (tertiary/aromatic N) is 4. The number of benzene rings is 1. The second kappa shape index (κ2) is 7.32. The molecule has 6 heteroatoms. The van der Waals surface area contributed by atoms with Gasteiger partial charge >= 0.3 is 0 Å². The zero-order valence-electron chi connectivity index (χ0n) is 11.2. The summed E-state index contributed by atoms with van der Waals surface area (Å²) in [6, 6.07) is 9.75. The van der Waals surface area contributed by atoms with Gasteiger partial charge in [0.15, 0.2) is 11.0 Å². The van der Waals surface area contributed by atoms with Gasteiger partial charge in [0.2, 0.25) is 0 Å². The first-order valence-corrected chi connectivity index (χ1v) is 7.81. The monoisotopic (exact) mass is 306 g/mol. The Morgan fingerprint density at radius 1 is 1.30 bits per heavy atom. The summed E-state index contributed by atoms with van der Waals surface area (Å²) in [6.45, 7) is 2.88. The van der Waals surface area contributed by atoms with E-state index in [9.17, 15) is 0 Å². The van der Waals surface area contributed by atoms with Crippen LogP contribution >= 0.6 is 23.4 Å². The van der Waals surface area contributed by atoms with Gasteiger partial charge in [-0.05, 0) is 37.6 Å². The van der Waals surface area contributed by atoms with Gasteiger partial charge in [0.25, 0.3) is 0 Å². The standard InChI is InChI=1S/C14H15ClN4S/c1-2-19-13(11-5-7-12(15)8-6-11)17-18-14(19)20-10-4-3-9-16/h5-8H,2-4,10H2,1H3.